The number of hydrogen-bond donors (Lipinski definition) is 1. The summed E-state index contributed by atoms with van der Waals surface area (Å²) in [7, 11) is 1.43. The molecule has 0 radical (unpaired) electrons. The fraction of sp³-hybridized carbons (Fsp3) is 0.125. The van der Waals surface area contributed by atoms with Gasteiger partial charge in [0.05, 0.1) is 5.69 Å². The van der Waals surface area contributed by atoms with Crippen molar-refractivity contribution in [2.75, 3.05) is 11.9 Å². The zero-order valence-electron chi connectivity index (χ0n) is 7.11. The quantitative estimate of drug-likeness (QED) is 0.609. The van der Waals surface area contributed by atoms with Crippen LogP contribution >= 0.6 is 0 Å². The Balaban J connectivity index is 3.02. The Morgan fingerprint density at radius 2 is 2.27 bits per heavy atom. The molecule has 0 fully saturated rings. The fourth-order valence-corrected chi connectivity index (χ4v) is 0.797. The van der Waals surface area contributed by atoms with Crippen molar-refractivity contribution in [3.05, 3.63) is 24.3 Å². The van der Waals surface area contributed by atoms with E-state index in [4.69, 9.17) is 1.37 Å². The van der Waals surface area contributed by atoms with Gasteiger partial charge in [-0.1, -0.05) is 12.1 Å². The van der Waals surface area contributed by atoms with Gasteiger partial charge in [-0.15, -0.1) is 0 Å². The molecule has 1 rings (SSSR count). The molecule has 1 aromatic carbocycles. The summed E-state index contributed by atoms with van der Waals surface area (Å²) in [6, 6.07) is 6.38. The topological polar surface area (TPSA) is 40.5 Å². The molecule has 3 nitrogen and oxygen atoms in total. The molecule has 1 N–H and O–H groups in total. The first-order valence-electron chi connectivity index (χ1n) is 3.65. The molecule has 0 saturated carbocycles. The highest BCUT2D eigenvalue weighted by atomic mass is 16.3. The van der Waals surface area contributed by atoms with Gasteiger partial charge in [-0.05, 0) is 12.1 Å². The van der Waals surface area contributed by atoms with E-state index in [1.165, 1.54) is 13.1 Å². The first-order valence-corrected chi connectivity index (χ1v) is 3.15. The Kier molecular flexibility index (Phi) is 1.73. The van der Waals surface area contributed by atoms with Crippen molar-refractivity contribution in [2.24, 2.45) is 0 Å². The average Bonchev–Trinajstić information content (AvgIpc) is 2.04. The monoisotopic (exact) mass is 152 g/mol. The molecule has 0 unspecified atom stereocenters. The second kappa shape index (κ2) is 3.05. The van der Waals surface area contributed by atoms with E-state index in [1.807, 2.05) is 0 Å². The number of aromatic hydroxyl groups is 1. The van der Waals surface area contributed by atoms with Crippen LogP contribution < -0.4 is 4.90 Å². The van der Waals surface area contributed by atoms with E-state index in [9.17, 15) is 9.90 Å². The fourth-order valence-electron chi connectivity index (χ4n) is 0.797. The molecule has 0 spiro atoms. The molecular formula is C8H9NO2. The van der Waals surface area contributed by atoms with Crippen LogP contribution in [0, 0.1) is 0 Å². The van der Waals surface area contributed by atoms with E-state index < -0.39 is 6.39 Å². The van der Waals surface area contributed by atoms with Crippen LogP contribution in [0.4, 0.5) is 5.69 Å². The van der Waals surface area contributed by atoms with Gasteiger partial charge >= 0.3 is 0 Å². The van der Waals surface area contributed by atoms with Crippen LogP contribution in [0.3, 0.4) is 0 Å². The minimum absolute atomic E-state index is 0.000556. The molecule has 0 heterocycles. The number of carbonyl (C=O) groups is 1. The van der Waals surface area contributed by atoms with Crippen molar-refractivity contribution >= 4 is 12.1 Å². The van der Waals surface area contributed by atoms with Gasteiger partial charge in [0.1, 0.15) is 7.12 Å². The molecule has 1 aromatic rings. The maximum absolute atomic E-state index is 10.6. The van der Waals surface area contributed by atoms with E-state index in [2.05, 4.69) is 0 Å². The number of para-hydroxylation sites is 2. The van der Waals surface area contributed by atoms with Crippen molar-refractivity contribution in [1.29, 1.82) is 0 Å². The zero-order valence-corrected chi connectivity index (χ0v) is 6.11. The largest absolute Gasteiger partial charge is 0.506 e. The van der Waals surface area contributed by atoms with E-state index in [-0.39, 0.29) is 5.75 Å². The minimum atomic E-state index is -0.850. The Morgan fingerprint density at radius 3 is 2.82 bits per heavy atom. The maximum atomic E-state index is 10.6. The number of nitrogens with zero attached hydrogens (tertiary/aromatic N) is 1. The van der Waals surface area contributed by atoms with Crippen LogP contribution in [-0.2, 0) is 4.79 Å². The van der Waals surface area contributed by atoms with Gasteiger partial charge in [0.2, 0.25) is 6.39 Å². The molecule has 0 bridgehead atoms. The molecule has 0 saturated heterocycles. The summed E-state index contributed by atoms with van der Waals surface area (Å²) in [6.07, 6.45) is -0.850. The molecule has 1 amide bonds. The SMILES string of the molecule is [2H]C(=O)N(C)c1ccccc1O. The maximum Gasteiger partial charge on any atom is 0.213 e. The highest BCUT2D eigenvalue weighted by Crippen LogP contribution is 2.23. The predicted molar refractivity (Wildman–Crippen MR) is 42.6 cm³/mol. The van der Waals surface area contributed by atoms with Gasteiger partial charge in [0.25, 0.3) is 0 Å². The molecule has 3 heteroatoms. The molecule has 0 aliphatic rings. The first kappa shape index (κ1) is 6.22. The number of hydrogen-bond acceptors (Lipinski definition) is 2. The van der Waals surface area contributed by atoms with Gasteiger partial charge in [-0.25, -0.2) is 0 Å². The summed E-state index contributed by atoms with van der Waals surface area (Å²) >= 11 is 0. The summed E-state index contributed by atoms with van der Waals surface area (Å²) in [4.78, 5) is 11.6. The number of benzene rings is 1. The highest BCUT2D eigenvalue weighted by Gasteiger charge is 2.02. The lowest BCUT2D eigenvalue weighted by Crippen LogP contribution is -2.13. The third-order valence-electron chi connectivity index (χ3n) is 1.38. The van der Waals surface area contributed by atoms with Crippen molar-refractivity contribution in [1.82, 2.24) is 0 Å². The second-order valence-corrected chi connectivity index (χ2v) is 2.14. The molecule has 11 heavy (non-hydrogen) atoms. The van der Waals surface area contributed by atoms with Crippen LogP contribution in [0.5, 0.6) is 5.75 Å². The lowest BCUT2D eigenvalue weighted by molar-refractivity contribution is -0.107. The molecular weight excluding hydrogens is 142 g/mol. The van der Waals surface area contributed by atoms with Gasteiger partial charge in [0, 0.05) is 7.05 Å². The van der Waals surface area contributed by atoms with Gasteiger partial charge in [-0.3, -0.25) is 4.79 Å². The molecule has 0 aromatic heterocycles. The third kappa shape index (κ3) is 1.49. The predicted octanol–water partition coefficient (Wildman–Crippen LogP) is 0.985. The Morgan fingerprint density at radius 1 is 1.64 bits per heavy atom. The van der Waals surface area contributed by atoms with Crippen molar-refractivity contribution < 1.29 is 11.3 Å². The van der Waals surface area contributed by atoms with Crippen LogP contribution in [-0.4, -0.2) is 18.5 Å². The summed E-state index contributed by atoms with van der Waals surface area (Å²) in [5, 5.41) is 9.25. The normalized spacial score (nSPS) is 10.5. The lowest BCUT2D eigenvalue weighted by Gasteiger charge is -2.11. The van der Waals surface area contributed by atoms with Crippen molar-refractivity contribution in [2.45, 2.75) is 0 Å². The first-order chi connectivity index (χ1) is 5.63. The highest BCUT2D eigenvalue weighted by molar-refractivity contribution is 5.77. The number of carbonyl (C=O) groups excluding carboxylic acids is 1. The Bertz CT molecular complexity index is 301. The summed E-state index contributed by atoms with van der Waals surface area (Å²) in [5.41, 5.74) is 0.345. The number of phenolic OH excluding ortho intramolecular Hbond substituents is 1. The molecule has 58 valence electrons. The number of rotatable bonds is 1. The summed E-state index contributed by atoms with van der Waals surface area (Å²) in [6.45, 7) is 0. The van der Waals surface area contributed by atoms with E-state index >= 15 is 0 Å². The van der Waals surface area contributed by atoms with Gasteiger partial charge in [0.15, 0.2) is 0 Å². The number of anilines is 1. The Labute approximate surface area is 66.3 Å². The van der Waals surface area contributed by atoms with Crippen molar-refractivity contribution in [3.8, 4) is 5.75 Å². The van der Waals surface area contributed by atoms with E-state index in [1.54, 1.807) is 18.2 Å². The van der Waals surface area contributed by atoms with E-state index in [0.29, 0.717) is 5.69 Å². The van der Waals surface area contributed by atoms with E-state index in [0.717, 1.165) is 4.90 Å². The third-order valence-corrected chi connectivity index (χ3v) is 1.38. The van der Waals surface area contributed by atoms with Crippen LogP contribution in [0.15, 0.2) is 24.3 Å². The Hall–Kier alpha value is -1.51. The standard InChI is InChI=1S/C8H9NO2/c1-9(6-10)7-4-2-3-5-8(7)11/h2-6,11H,1H3/i6D. The second-order valence-electron chi connectivity index (χ2n) is 2.14. The van der Waals surface area contributed by atoms with Crippen LogP contribution in [0.1, 0.15) is 1.37 Å². The lowest BCUT2D eigenvalue weighted by atomic mass is 10.3. The van der Waals surface area contributed by atoms with Crippen LogP contribution in [0.2, 0.25) is 0 Å². The molecule has 0 atom stereocenters. The summed E-state index contributed by atoms with van der Waals surface area (Å²) < 4.78 is 6.79. The summed E-state index contributed by atoms with van der Waals surface area (Å²) in [5.74, 6) is 0.000556. The number of amides is 1. The number of phenols is 1. The average molecular weight is 152 g/mol. The molecule has 0 aliphatic carbocycles. The smallest absolute Gasteiger partial charge is 0.213 e. The minimum Gasteiger partial charge on any atom is -0.506 e. The van der Waals surface area contributed by atoms with Gasteiger partial charge in [-0.2, -0.15) is 0 Å². The zero-order chi connectivity index (χ0) is 9.14. The van der Waals surface area contributed by atoms with Gasteiger partial charge < -0.3 is 10.0 Å². The van der Waals surface area contributed by atoms with Crippen molar-refractivity contribution in [3.63, 3.8) is 0 Å². The van der Waals surface area contributed by atoms with Crippen LogP contribution in [0.25, 0.3) is 0 Å². The molecule has 0 aliphatic heterocycles.